The SMILES string of the molecule is CCCNc1cccc(CN2CCN(C)C(=O)C2=O)n1. The average molecular weight is 276 g/mol. The van der Waals surface area contributed by atoms with E-state index in [-0.39, 0.29) is 0 Å². The van der Waals surface area contributed by atoms with E-state index >= 15 is 0 Å². The van der Waals surface area contributed by atoms with Gasteiger partial charge in [-0.15, -0.1) is 0 Å². The molecular weight excluding hydrogens is 256 g/mol. The van der Waals surface area contributed by atoms with Crippen LogP contribution in [0.15, 0.2) is 18.2 Å². The number of hydrogen-bond donors (Lipinski definition) is 1. The number of piperazine rings is 1. The molecule has 0 atom stereocenters. The Balaban J connectivity index is 2.02. The molecule has 6 heteroatoms. The van der Waals surface area contributed by atoms with Crippen molar-refractivity contribution in [3.63, 3.8) is 0 Å². The molecule has 108 valence electrons. The van der Waals surface area contributed by atoms with Crippen LogP contribution in [0.3, 0.4) is 0 Å². The average Bonchev–Trinajstić information content (AvgIpc) is 2.46. The molecule has 1 aromatic rings. The number of anilines is 1. The largest absolute Gasteiger partial charge is 0.370 e. The molecule has 0 aliphatic carbocycles. The zero-order chi connectivity index (χ0) is 14.5. The maximum Gasteiger partial charge on any atom is 0.312 e. The van der Waals surface area contributed by atoms with Crippen molar-refractivity contribution in [2.45, 2.75) is 19.9 Å². The summed E-state index contributed by atoms with van der Waals surface area (Å²) >= 11 is 0. The van der Waals surface area contributed by atoms with Crippen molar-refractivity contribution < 1.29 is 9.59 Å². The van der Waals surface area contributed by atoms with Crippen LogP contribution in [-0.2, 0) is 16.1 Å². The van der Waals surface area contributed by atoms with E-state index in [1.165, 1.54) is 4.90 Å². The van der Waals surface area contributed by atoms with Gasteiger partial charge in [-0.1, -0.05) is 13.0 Å². The lowest BCUT2D eigenvalue weighted by molar-refractivity contribution is -0.155. The molecule has 0 spiro atoms. The van der Waals surface area contributed by atoms with Gasteiger partial charge in [-0.05, 0) is 18.6 Å². The summed E-state index contributed by atoms with van der Waals surface area (Å²) < 4.78 is 0. The first-order valence-corrected chi connectivity index (χ1v) is 6.86. The van der Waals surface area contributed by atoms with Crippen LogP contribution in [0.1, 0.15) is 19.0 Å². The van der Waals surface area contributed by atoms with Gasteiger partial charge in [0.1, 0.15) is 5.82 Å². The van der Waals surface area contributed by atoms with E-state index in [0.29, 0.717) is 19.6 Å². The van der Waals surface area contributed by atoms with E-state index < -0.39 is 11.8 Å². The molecule has 6 nitrogen and oxygen atoms in total. The Bertz CT molecular complexity index is 504. The molecule has 0 aromatic carbocycles. The molecule has 0 unspecified atom stereocenters. The minimum absolute atomic E-state index is 0.375. The molecule has 0 saturated carbocycles. The van der Waals surface area contributed by atoms with Crippen molar-refractivity contribution in [2.75, 3.05) is 32.0 Å². The van der Waals surface area contributed by atoms with Crippen LogP contribution in [0.5, 0.6) is 0 Å². The lowest BCUT2D eigenvalue weighted by Crippen LogP contribution is -2.52. The third-order valence-corrected chi connectivity index (χ3v) is 3.24. The van der Waals surface area contributed by atoms with Crippen molar-refractivity contribution in [3.8, 4) is 0 Å². The highest BCUT2D eigenvalue weighted by Gasteiger charge is 2.30. The van der Waals surface area contributed by atoms with E-state index in [0.717, 1.165) is 24.5 Å². The molecule has 1 aliphatic rings. The number of nitrogens with zero attached hydrogens (tertiary/aromatic N) is 3. The number of hydrogen-bond acceptors (Lipinski definition) is 4. The number of amides is 2. The predicted molar refractivity (Wildman–Crippen MR) is 76.1 cm³/mol. The second kappa shape index (κ2) is 6.36. The van der Waals surface area contributed by atoms with Crippen LogP contribution in [0.4, 0.5) is 5.82 Å². The van der Waals surface area contributed by atoms with Crippen molar-refractivity contribution in [1.29, 1.82) is 0 Å². The Morgan fingerprint density at radius 3 is 2.80 bits per heavy atom. The lowest BCUT2D eigenvalue weighted by atomic mass is 10.2. The van der Waals surface area contributed by atoms with E-state index in [9.17, 15) is 9.59 Å². The van der Waals surface area contributed by atoms with Crippen LogP contribution in [0, 0.1) is 0 Å². The molecule has 20 heavy (non-hydrogen) atoms. The molecular formula is C14H20N4O2. The van der Waals surface area contributed by atoms with Crippen LogP contribution in [0.25, 0.3) is 0 Å². The highest BCUT2D eigenvalue weighted by atomic mass is 16.2. The normalized spacial score (nSPS) is 15.7. The minimum atomic E-state index is -0.451. The second-order valence-corrected chi connectivity index (χ2v) is 4.89. The number of pyridine rings is 1. The zero-order valence-electron chi connectivity index (χ0n) is 11.9. The van der Waals surface area contributed by atoms with Crippen molar-refractivity contribution in [1.82, 2.24) is 14.8 Å². The van der Waals surface area contributed by atoms with Gasteiger partial charge in [-0.2, -0.15) is 0 Å². The summed E-state index contributed by atoms with van der Waals surface area (Å²) in [5.74, 6) is -0.0961. The van der Waals surface area contributed by atoms with Gasteiger partial charge in [0.15, 0.2) is 0 Å². The fourth-order valence-corrected chi connectivity index (χ4v) is 2.04. The maximum absolute atomic E-state index is 11.9. The summed E-state index contributed by atoms with van der Waals surface area (Å²) in [5, 5.41) is 3.21. The zero-order valence-corrected chi connectivity index (χ0v) is 11.9. The van der Waals surface area contributed by atoms with Crippen molar-refractivity contribution in [3.05, 3.63) is 23.9 Å². The third-order valence-electron chi connectivity index (χ3n) is 3.24. The fraction of sp³-hybridized carbons (Fsp3) is 0.500. The topological polar surface area (TPSA) is 65.5 Å². The van der Waals surface area contributed by atoms with E-state index in [2.05, 4.69) is 17.2 Å². The van der Waals surface area contributed by atoms with E-state index in [1.807, 2.05) is 18.2 Å². The molecule has 1 N–H and O–H groups in total. The summed E-state index contributed by atoms with van der Waals surface area (Å²) in [6.07, 6.45) is 1.03. The van der Waals surface area contributed by atoms with Crippen molar-refractivity contribution >= 4 is 17.6 Å². The van der Waals surface area contributed by atoms with Gasteiger partial charge in [0.25, 0.3) is 0 Å². The minimum Gasteiger partial charge on any atom is -0.370 e. The molecule has 1 aliphatic heterocycles. The smallest absolute Gasteiger partial charge is 0.312 e. The van der Waals surface area contributed by atoms with Gasteiger partial charge in [0, 0.05) is 26.7 Å². The summed E-state index contributed by atoms with van der Waals surface area (Å²) in [5.41, 5.74) is 0.789. The van der Waals surface area contributed by atoms with E-state index in [1.54, 1.807) is 11.9 Å². The number of rotatable bonds is 5. The van der Waals surface area contributed by atoms with Gasteiger partial charge in [-0.3, -0.25) is 9.59 Å². The highest BCUT2D eigenvalue weighted by molar-refractivity contribution is 6.35. The Morgan fingerprint density at radius 2 is 2.05 bits per heavy atom. The monoisotopic (exact) mass is 276 g/mol. The second-order valence-electron chi connectivity index (χ2n) is 4.89. The molecule has 0 bridgehead atoms. The number of aromatic nitrogens is 1. The number of nitrogens with one attached hydrogen (secondary N) is 1. The molecule has 2 heterocycles. The quantitative estimate of drug-likeness (QED) is 0.804. The Hall–Kier alpha value is -2.11. The summed E-state index contributed by atoms with van der Waals surface area (Å²) in [6.45, 7) is 4.45. The number of carbonyl (C=O) groups excluding carboxylic acids is 2. The standard InChI is InChI=1S/C14H20N4O2/c1-3-7-15-12-6-4-5-11(16-12)10-18-9-8-17(2)13(19)14(18)20/h4-6H,3,7-10H2,1-2H3,(H,15,16). The Kier molecular flexibility index (Phi) is 4.55. The van der Waals surface area contributed by atoms with Gasteiger partial charge >= 0.3 is 11.8 Å². The molecule has 0 radical (unpaired) electrons. The molecule has 1 aromatic heterocycles. The van der Waals surface area contributed by atoms with Crippen LogP contribution >= 0.6 is 0 Å². The van der Waals surface area contributed by atoms with Crippen LogP contribution in [-0.4, -0.2) is 53.3 Å². The molecule has 2 rings (SSSR count). The van der Waals surface area contributed by atoms with Crippen molar-refractivity contribution in [2.24, 2.45) is 0 Å². The fourth-order valence-electron chi connectivity index (χ4n) is 2.04. The molecule has 1 fully saturated rings. The van der Waals surface area contributed by atoms with Crippen LogP contribution < -0.4 is 5.32 Å². The van der Waals surface area contributed by atoms with Gasteiger partial charge in [0.2, 0.25) is 0 Å². The van der Waals surface area contributed by atoms with E-state index in [4.69, 9.17) is 0 Å². The van der Waals surface area contributed by atoms with Crippen LogP contribution in [0.2, 0.25) is 0 Å². The third kappa shape index (κ3) is 3.26. The first-order valence-electron chi connectivity index (χ1n) is 6.86. The highest BCUT2D eigenvalue weighted by Crippen LogP contribution is 2.10. The maximum atomic E-state index is 11.9. The number of carbonyl (C=O) groups is 2. The van der Waals surface area contributed by atoms with Gasteiger partial charge in [-0.25, -0.2) is 4.98 Å². The summed E-state index contributed by atoms with van der Waals surface area (Å²) in [7, 11) is 1.64. The summed E-state index contributed by atoms with van der Waals surface area (Å²) in [6, 6.07) is 5.67. The van der Waals surface area contributed by atoms with Gasteiger partial charge < -0.3 is 15.1 Å². The lowest BCUT2D eigenvalue weighted by Gasteiger charge is -2.31. The Morgan fingerprint density at radius 1 is 1.25 bits per heavy atom. The first kappa shape index (κ1) is 14.3. The predicted octanol–water partition coefficient (Wildman–Crippen LogP) is 0.704. The van der Waals surface area contributed by atoms with Gasteiger partial charge in [0.05, 0.1) is 12.2 Å². The molecule has 1 saturated heterocycles. The molecule has 2 amide bonds. The summed E-state index contributed by atoms with van der Waals surface area (Å²) in [4.78, 5) is 31.0. The number of likely N-dealkylation sites (N-methyl/N-ethyl adjacent to an activating group) is 1. The Labute approximate surface area is 118 Å². The first-order chi connectivity index (χ1) is 9.61.